The second kappa shape index (κ2) is 8.53. The summed E-state index contributed by atoms with van der Waals surface area (Å²) in [7, 11) is 1.58. The molecule has 6 nitrogen and oxygen atoms in total. The van der Waals surface area contributed by atoms with Gasteiger partial charge in [0, 0.05) is 6.54 Å². The van der Waals surface area contributed by atoms with Gasteiger partial charge in [0.25, 0.3) is 0 Å². The molecule has 0 aromatic carbocycles. The molecule has 4 N–H and O–H groups in total. The number of ether oxygens (including phenoxy) is 1. The molecular formula is C13H25N5O. The average Bonchev–Trinajstić information content (AvgIpc) is 2.46. The molecule has 1 aromatic heterocycles. The monoisotopic (exact) mass is 267 g/mol. The fourth-order valence-electron chi connectivity index (χ4n) is 1.98. The first-order valence-corrected chi connectivity index (χ1v) is 6.86. The molecule has 108 valence electrons. The van der Waals surface area contributed by atoms with E-state index < -0.39 is 0 Å². The first-order chi connectivity index (χ1) is 9.26. The van der Waals surface area contributed by atoms with Crippen molar-refractivity contribution in [2.75, 3.05) is 24.4 Å². The molecule has 0 aliphatic rings. The number of hydrogen-bond donors (Lipinski definition) is 3. The maximum Gasteiger partial charge on any atom is 0.205 e. The van der Waals surface area contributed by atoms with Gasteiger partial charge in [-0.05, 0) is 12.3 Å². The van der Waals surface area contributed by atoms with Gasteiger partial charge in [-0.2, -0.15) is 0 Å². The molecule has 1 aromatic rings. The maximum absolute atomic E-state index is 5.39. The number of rotatable bonds is 9. The van der Waals surface area contributed by atoms with Gasteiger partial charge in [-0.25, -0.2) is 15.8 Å². The van der Waals surface area contributed by atoms with Crippen LogP contribution in [0.4, 0.5) is 11.6 Å². The smallest absolute Gasteiger partial charge is 0.205 e. The Morgan fingerprint density at radius 3 is 2.63 bits per heavy atom. The summed E-state index contributed by atoms with van der Waals surface area (Å²) < 4.78 is 5.28. The predicted molar refractivity (Wildman–Crippen MR) is 78.2 cm³/mol. The number of anilines is 2. The summed E-state index contributed by atoms with van der Waals surface area (Å²) in [4.78, 5) is 8.22. The molecule has 6 heteroatoms. The van der Waals surface area contributed by atoms with Crippen molar-refractivity contribution in [1.82, 2.24) is 9.97 Å². The number of nitrogen functional groups attached to an aromatic ring is 1. The van der Waals surface area contributed by atoms with Gasteiger partial charge in [-0.1, -0.05) is 33.1 Å². The lowest BCUT2D eigenvalue weighted by atomic mass is 9.99. The van der Waals surface area contributed by atoms with Gasteiger partial charge in [-0.15, -0.1) is 0 Å². The summed E-state index contributed by atoms with van der Waals surface area (Å²) >= 11 is 0. The number of nitrogens with two attached hydrogens (primary N) is 1. The molecule has 0 bridgehead atoms. The van der Waals surface area contributed by atoms with Crippen molar-refractivity contribution in [3.05, 3.63) is 6.33 Å². The van der Waals surface area contributed by atoms with Crippen LogP contribution in [0.15, 0.2) is 6.33 Å². The van der Waals surface area contributed by atoms with Gasteiger partial charge in [0.2, 0.25) is 5.75 Å². The Bertz CT molecular complexity index is 372. The number of hydrazine groups is 1. The van der Waals surface area contributed by atoms with Crippen molar-refractivity contribution < 1.29 is 4.74 Å². The lowest BCUT2D eigenvalue weighted by molar-refractivity contribution is 0.413. The van der Waals surface area contributed by atoms with Crippen LogP contribution >= 0.6 is 0 Å². The quantitative estimate of drug-likeness (QED) is 0.470. The third kappa shape index (κ3) is 4.55. The summed E-state index contributed by atoms with van der Waals surface area (Å²) in [5, 5.41) is 3.33. The van der Waals surface area contributed by atoms with Gasteiger partial charge in [-0.3, -0.25) is 0 Å². The molecule has 0 amide bonds. The molecule has 0 saturated heterocycles. The molecule has 1 unspecified atom stereocenters. The van der Waals surface area contributed by atoms with Gasteiger partial charge >= 0.3 is 0 Å². The van der Waals surface area contributed by atoms with E-state index in [1.165, 1.54) is 25.6 Å². The van der Waals surface area contributed by atoms with E-state index in [4.69, 9.17) is 10.6 Å². The number of aromatic nitrogens is 2. The number of unbranched alkanes of at least 4 members (excludes halogenated alkanes) is 1. The molecule has 0 spiro atoms. The van der Waals surface area contributed by atoms with Gasteiger partial charge in [0.05, 0.1) is 7.11 Å². The SMILES string of the molecule is CCCCC(CC)CNc1ncnc(NN)c1OC. The van der Waals surface area contributed by atoms with E-state index in [9.17, 15) is 0 Å². The van der Waals surface area contributed by atoms with Crippen LogP contribution in [0.2, 0.25) is 0 Å². The Morgan fingerprint density at radius 2 is 2.05 bits per heavy atom. The summed E-state index contributed by atoms with van der Waals surface area (Å²) in [6, 6.07) is 0. The van der Waals surface area contributed by atoms with Crippen molar-refractivity contribution in [3.8, 4) is 5.75 Å². The van der Waals surface area contributed by atoms with Crippen LogP contribution in [0.25, 0.3) is 0 Å². The van der Waals surface area contributed by atoms with E-state index >= 15 is 0 Å². The minimum absolute atomic E-state index is 0.488. The van der Waals surface area contributed by atoms with Crippen molar-refractivity contribution in [1.29, 1.82) is 0 Å². The highest BCUT2D eigenvalue weighted by Gasteiger charge is 2.12. The fourth-order valence-corrected chi connectivity index (χ4v) is 1.98. The van der Waals surface area contributed by atoms with Crippen LogP contribution in [0.3, 0.4) is 0 Å². The first-order valence-electron chi connectivity index (χ1n) is 6.86. The number of hydrogen-bond acceptors (Lipinski definition) is 6. The molecule has 0 aliphatic heterocycles. The van der Waals surface area contributed by atoms with Crippen LogP contribution in [0.1, 0.15) is 39.5 Å². The zero-order valence-electron chi connectivity index (χ0n) is 12.1. The highest BCUT2D eigenvalue weighted by molar-refractivity contribution is 5.62. The molecule has 19 heavy (non-hydrogen) atoms. The average molecular weight is 267 g/mol. The molecular weight excluding hydrogens is 242 g/mol. The van der Waals surface area contributed by atoms with E-state index in [1.54, 1.807) is 7.11 Å². The summed E-state index contributed by atoms with van der Waals surface area (Å²) in [6.07, 6.45) is 6.34. The highest BCUT2D eigenvalue weighted by Crippen LogP contribution is 2.28. The molecule has 1 atom stereocenters. The number of methoxy groups -OCH3 is 1. The Labute approximate surface area is 115 Å². The van der Waals surface area contributed by atoms with E-state index in [-0.39, 0.29) is 0 Å². The van der Waals surface area contributed by atoms with Crippen LogP contribution in [-0.4, -0.2) is 23.6 Å². The largest absolute Gasteiger partial charge is 0.490 e. The van der Waals surface area contributed by atoms with Crippen LogP contribution in [0, 0.1) is 5.92 Å². The normalized spacial score (nSPS) is 12.0. The van der Waals surface area contributed by atoms with Crippen molar-refractivity contribution in [3.63, 3.8) is 0 Å². The summed E-state index contributed by atoms with van der Waals surface area (Å²) in [5.74, 6) is 7.76. The Morgan fingerprint density at radius 1 is 1.32 bits per heavy atom. The summed E-state index contributed by atoms with van der Waals surface area (Å²) in [5.41, 5.74) is 2.51. The second-order valence-corrected chi connectivity index (χ2v) is 4.55. The van der Waals surface area contributed by atoms with Crippen molar-refractivity contribution in [2.45, 2.75) is 39.5 Å². The second-order valence-electron chi connectivity index (χ2n) is 4.55. The predicted octanol–water partition coefficient (Wildman–Crippen LogP) is 2.40. The van der Waals surface area contributed by atoms with E-state index in [0.717, 1.165) is 13.0 Å². The van der Waals surface area contributed by atoms with Crippen LogP contribution in [0.5, 0.6) is 5.75 Å². The molecule has 0 fully saturated rings. The third-order valence-electron chi connectivity index (χ3n) is 3.25. The highest BCUT2D eigenvalue weighted by atomic mass is 16.5. The molecule has 0 radical (unpaired) electrons. The first kappa shape index (κ1) is 15.5. The maximum atomic E-state index is 5.39. The van der Waals surface area contributed by atoms with Crippen molar-refractivity contribution in [2.24, 2.45) is 11.8 Å². The molecule has 1 rings (SSSR count). The Balaban J connectivity index is 2.65. The van der Waals surface area contributed by atoms with E-state index in [2.05, 4.69) is 34.6 Å². The number of nitrogens with zero attached hydrogens (tertiary/aromatic N) is 2. The molecule has 0 aliphatic carbocycles. The molecule has 1 heterocycles. The zero-order chi connectivity index (χ0) is 14.1. The number of nitrogens with one attached hydrogen (secondary N) is 2. The van der Waals surface area contributed by atoms with Gasteiger partial charge in [0.1, 0.15) is 6.33 Å². The molecule has 0 saturated carbocycles. The van der Waals surface area contributed by atoms with Gasteiger partial charge in [0.15, 0.2) is 11.6 Å². The van der Waals surface area contributed by atoms with E-state index in [0.29, 0.717) is 23.3 Å². The minimum atomic E-state index is 0.488. The zero-order valence-corrected chi connectivity index (χ0v) is 12.1. The minimum Gasteiger partial charge on any atom is -0.490 e. The van der Waals surface area contributed by atoms with Gasteiger partial charge < -0.3 is 15.5 Å². The third-order valence-corrected chi connectivity index (χ3v) is 3.25. The van der Waals surface area contributed by atoms with E-state index in [1.807, 2.05) is 0 Å². The Kier molecular flexibility index (Phi) is 6.95. The standard InChI is InChI=1S/C13H25N5O/c1-4-6-7-10(5-2)8-15-12-11(19-3)13(18-14)17-9-16-12/h9-10H,4-8,14H2,1-3H3,(H2,15,16,17,18). The topological polar surface area (TPSA) is 85.1 Å². The van der Waals surface area contributed by atoms with Crippen LogP contribution in [-0.2, 0) is 0 Å². The summed E-state index contributed by atoms with van der Waals surface area (Å²) in [6.45, 7) is 5.31. The van der Waals surface area contributed by atoms with Crippen molar-refractivity contribution >= 4 is 11.6 Å². The Hall–Kier alpha value is -1.56. The fraction of sp³-hybridized carbons (Fsp3) is 0.692. The van der Waals surface area contributed by atoms with Crippen LogP contribution < -0.4 is 21.3 Å². The lowest BCUT2D eigenvalue weighted by Crippen LogP contribution is -2.17. The lowest BCUT2D eigenvalue weighted by Gasteiger charge is -2.17.